The Balaban J connectivity index is 1.59. The smallest absolute Gasteiger partial charge is 0.267 e. The van der Waals surface area contributed by atoms with Crippen molar-refractivity contribution in [2.45, 2.75) is 13.0 Å². The quantitative estimate of drug-likeness (QED) is 0.658. The van der Waals surface area contributed by atoms with E-state index in [-0.39, 0.29) is 16.5 Å². The van der Waals surface area contributed by atoms with Crippen LogP contribution in [0, 0.1) is 5.82 Å². The largest absolute Gasteiger partial charge is 0.479 e. The zero-order valence-corrected chi connectivity index (χ0v) is 17.0. The maximum atomic E-state index is 13.9. The third-order valence-electron chi connectivity index (χ3n) is 4.51. The molecule has 0 saturated carbocycles. The molecule has 1 aliphatic heterocycles. The number of amides is 2. The molecular weight excluding hydrogens is 417 g/mol. The number of rotatable bonds is 3. The van der Waals surface area contributed by atoms with Crippen LogP contribution >= 0.6 is 22.9 Å². The summed E-state index contributed by atoms with van der Waals surface area (Å²) in [6, 6.07) is 9.44. The number of carbonyl (C=O) groups is 2. The molecule has 0 fully saturated rings. The minimum absolute atomic E-state index is 0.0240. The fourth-order valence-electron chi connectivity index (χ4n) is 3.01. The molecule has 9 heteroatoms. The van der Waals surface area contributed by atoms with Crippen molar-refractivity contribution in [2.24, 2.45) is 0 Å². The fraction of sp³-hybridized carbons (Fsp3) is 0.150. The number of thiazole rings is 1. The van der Waals surface area contributed by atoms with Gasteiger partial charge in [0.15, 0.2) is 11.2 Å². The van der Waals surface area contributed by atoms with Crippen LogP contribution in [0.5, 0.6) is 5.75 Å². The van der Waals surface area contributed by atoms with E-state index in [0.29, 0.717) is 22.3 Å². The second-order valence-electron chi connectivity index (χ2n) is 6.43. The van der Waals surface area contributed by atoms with Crippen molar-refractivity contribution in [3.8, 4) is 17.0 Å². The van der Waals surface area contributed by atoms with Crippen molar-refractivity contribution in [1.29, 1.82) is 0 Å². The van der Waals surface area contributed by atoms with Crippen molar-refractivity contribution in [1.82, 2.24) is 4.98 Å². The first kappa shape index (κ1) is 19.4. The van der Waals surface area contributed by atoms with Gasteiger partial charge in [0.1, 0.15) is 11.6 Å². The third kappa shape index (κ3) is 3.56. The molecule has 0 saturated heterocycles. The van der Waals surface area contributed by atoms with E-state index >= 15 is 0 Å². The molecule has 29 heavy (non-hydrogen) atoms. The molecular formula is C20H15ClFN3O3S. The summed E-state index contributed by atoms with van der Waals surface area (Å²) in [5, 5.41) is 4.65. The number of nitrogens with one attached hydrogen (secondary N) is 1. The van der Waals surface area contributed by atoms with Gasteiger partial charge in [0.05, 0.1) is 22.0 Å². The average Bonchev–Trinajstić information content (AvgIpc) is 3.14. The molecule has 0 bridgehead atoms. The van der Waals surface area contributed by atoms with Crippen molar-refractivity contribution in [3.05, 3.63) is 58.2 Å². The molecule has 1 aliphatic rings. The number of carbonyl (C=O) groups excluding carboxylic acids is 2. The lowest BCUT2D eigenvalue weighted by Crippen LogP contribution is -2.41. The topological polar surface area (TPSA) is 71.5 Å². The van der Waals surface area contributed by atoms with E-state index < -0.39 is 17.8 Å². The molecule has 0 spiro atoms. The molecule has 2 amide bonds. The van der Waals surface area contributed by atoms with E-state index in [1.807, 2.05) is 6.07 Å². The van der Waals surface area contributed by atoms with E-state index in [4.69, 9.17) is 16.3 Å². The Morgan fingerprint density at radius 1 is 1.34 bits per heavy atom. The lowest BCUT2D eigenvalue weighted by Gasteiger charge is -2.30. The highest BCUT2D eigenvalue weighted by atomic mass is 35.5. The van der Waals surface area contributed by atoms with E-state index in [1.165, 1.54) is 29.5 Å². The number of nitrogens with zero attached hydrogens (tertiary/aromatic N) is 2. The highest BCUT2D eigenvalue weighted by Gasteiger charge is 2.29. The summed E-state index contributed by atoms with van der Waals surface area (Å²) in [4.78, 5) is 30.5. The molecule has 6 nitrogen and oxygen atoms in total. The Kier molecular flexibility index (Phi) is 4.97. The SMILES string of the molecule is CC1Oc2ccc(-c3csc(NC(=O)c4c(F)cccc4Cl)n3)cc2N(C)C1=O. The molecule has 2 heterocycles. The number of ether oxygens (including phenoxy) is 1. The fourth-order valence-corrected chi connectivity index (χ4v) is 3.97. The van der Waals surface area contributed by atoms with Gasteiger partial charge < -0.3 is 9.64 Å². The van der Waals surface area contributed by atoms with Gasteiger partial charge >= 0.3 is 0 Å². The number of fused-ring (bicyclic) bond motifs is 1. The van der Waals surface area contributed by atoms with E-state index in [9.17, 15) is 14.0 Å². The van der Waals surface area contributed by atoms with Crippen LogP contribution in [0.4, 0.5) is 15.2 Å². The van der Waals surface area contributed by atoms with Gasteiger partial charge in [0.2, 0.25) is 0 Å². The van der Waals surface area contributed by atoms with Gasteiger partial charge in [-0.05, 0) is 37.3 Å². The highest BCUT2D eigenvalue weighted by Crippen LogP contribution is 2.37. The van der Waals surface area contributed by atoms with E-state index in [2.05, 4.69) is 10.3 Å². The summed E-state index contributed by atoms with van der Waals surface area (Å²) in [6.07, 6.45) is -0.537. The Hall–Kier alpha value is -2.97. The van der Waals surface area contributed by atoms with Crippen LogP contribution in [0.25, 0.3) is 11.3 Å². The predicted octanol–water partition coefficient (Wildman–Crippen LogP) is 4.60. The first-order valence-electron chi connectivity index (χ1n) is 8.64. The van der Waals surface area contributed by atoms with Crippen LogP contribution in [0.15, 0.2) is 41.8 Å². The number of likely N-dealkylation sites (N-methyl/N-ethyl adjacent to an activating group) is 1. The summed E-state index contributed by atoms with van der Waals surface area (Å²) in [6.45, 7) is 1.70. The van der Waals surface area contributed by atoms with Crippen LogP contribution in [0.2, 0.25) is 5.02 Å². The molecule has 2 aromatic carbocycles. The standard InChI is InChI=1S/C20H15ClFN3O3S/c1-10-19(27)25(2)15-8-11(6-7-16(15)28-10)14-9-29-20(23-14)24-18(26)17-12(21)4-3-5-13(17)22/h3-10H,1-2H3,(H,23,24,26). The van der Waals surface area contributed by atoms with Gasteiger partial charge in [-0.2, -0.15) is 0 Å². The van der Waals surface area contributed by atoms with Gasteiger partial charge in [-0.1, -0.05) is 17.7 Å². The number of hydrogen-bond donors (Lipinski definition) is 1. The zero-order chi connectivity index (χ0) is 20.7. The molecule has 1 atom stereocenters. The minimum Gasteiger partial charge on any atom is -0.479 e. The van der Waals surface area contributed by atoms with Crippen molar-refractivity contribution < 1.29 is 18.7 Å². The monoisotopic (exact) mass is 431 g/mol. The molecule has 4 rings (SSSR count). The molecule has 148 valence electrons. The van der Waals surface area contributed by atoms with E-state index in [0.717, 1.165) is 5.56 Å². The van der Waals surface area contributed by atoms with Crippen LogP contribution < -0.4 is 15.0 Å². The van der Waals surface area contributed by atoms with Gasteiger partial charge in [-0.25, -0.2) is 9.37 Å². The molecule has 1 N–H and O–H groups in total. The van der Waals surface area contributed by atoms with Crippen molar-refractivity contribution in [3.63, 3.8) is 0 Å². The summed E-state index contributed by atoms with van der Waals surface area (Å²) < 4.78 is 19.5. The van der Waals surface area contributed by atoms with Gasteiger partial charge in [0.25, 0.3) is 11.8 Å². The van der Waals surface area contributed by atoms with Crippen LogP contribution in [-0.4, -0.2) is 29.9 Å². The molecule has 3 aromatic rings. The lowest BCUT2D eigenvalue weighted by atomic mass is 10.1. The van der Waals surface area contributed by atoms with Gasteiger partial charge in [0, 0.05) is 18.0 Å². The first-order valence-corrected chi connectivity index (χ1v) is 9.90. The van der Waals surface area contributed by atoms with Gasteiger partial charge in [-0.3, -0.25) is 14.9 Å². The number of hydrogen-bond acceptors (Lipinski definition) is 5. The van der Waals surface area contributed by atoms with Crippen molar-refractivity contribution in [2.75, 3.05) is 17.3 Å². The van der Waals surface area contributed by atoms with Crippen LogP contribution in [-0.2, 0) is 4.79 Å². The maximum absolute atomic E-state index is 13.9. The first-order chi connectivity index (χ1) is 13.8. The number of anilines is 2. The number of halogens is 2. The number of benzene rings is 2. The summed E-state index contributed by atoms with van der Waals surface area (Å²) >= 11 is 7.13. The van der Waals surface area contributed by atoms with Crippen molar-refractivity contribution >= 4 is 45.6 Å². The molecule has 1 aromatic heterocycles. The predicted molar refractivity (Wildman–Crippen MR) is 110 cm³/mol. The highest BCUT2D eigenvalue weighted by molar-refractivity contribution is 7.14. The molecule has 0 radical (unpaired) electrons. The Morgan fingerprint density at radius 3 is 2.90 bits per heavy atom. The summed E-state index contributed by atoms with van der Waals surface area (Å²) in [5.41, 5.74) is 1.77. The summed E-state index contributed by atoms with van der Waals surface area (Å²) in [7, 11) is 1.69. The van der Waals surface area contributed by atoms with Crippen LogP contribution in [0.3, 0.4) is 0 Å². The molecule has 1 unspecified atom stereocenters. The minimum atomic E-state index is -0.705. The second-order valence-corrected chi connectivity index (χ2v) is 7.69. The number of aromatic nitrogens is 1. The normalized spacial score (nSPS) is 15.7. The Morgan fingerprint density at radius 2 is 2.14 bits per heavy atom. The van der Waals surface area contributed by atoms with Gasteiger partial charge in [-0.15, -0.1) is 11.3 Å². The van der Waals surface area contributed by atoms with E-state index in [1.54, 1.807) is 36.4 Å². The third-order valence-corrected chi connectivity index (χ3v) is 5.59. The van der Waals surface area contributed by atoms with Crippen LogP contribution in [0.1, 0.15) is 17.3 Å². The second kappa shape index (κ2) is 7.46. The zero-order valence-electron chi connectivity index (χ0n) is 15.4. The lowest BCUT2D eigenvalue weighted by molar-refractivity contribution is -0.125. The average molecular weight is 432 g/mol. The maximum Gasteiger partial charge on any atom is 0.267 e. The summed E-state index contributed by atoms with van der Waals surface area (Å²) in [5.74, 6) is -0.903. The molecule has 0 aliphatic carbocycles. The Labute approximate surface area is 174 Å². The Bertz CT molecular complexity index is 1110.